The van der Waals surface area contributed by atoms with E-state index in [2.05, 4.69) is 31.3 Å². The summed E-state index contributed by atoms with van der Waals surface area (Å²) in [5.74, 6) is 0. The van der Waals surface area contributed by atoms with Crippen molar-refractivity contribution in [3.63, 3.8) is 0 Å². The third-order valence-corrected chi connectivity index (χ3v) is 4.57. The van der Waals surface area contributed by atoms with Crippen molar-refractivity contribution in [3.8, 4) is 0 Å². The fraction of sp³-hybridized carbons (Fsp3) is 0.316. The van der Waals surface area contributed by atoms with E-state index in [1.54, 1.807) is 0 Å². The molecule has 0 aliphatic carbocycles. The maximum Gasteiger partial charge on any atom is 0.136 e. The van der Waals surface area contributed by atoms with Crippen LogP contribution in [0.4, 0.5) is 0 Å². The lowest BCUT2D eigenvalue weighted by atomic mass is 10.0. The van der Waals surface area contributed by atoms with E-state index in [1.165, 1.54) is 0 Å². The first-order valence-corrected chi connectivity index (χ1v) is 7.90. The zero-order valence-corrected chi connectivity index (χ0v) is 13.0. The second kappa shape index (κ2) is 6.42. The Morgan fingerprint density at radius 2 is 1.59 bits per heavy atom. The molecule has 3 rings (SSSR count). The van der Waals surface area contributed by atoms with E-state index in [-0.39, 0.29) is 12.6 Å². The third kappa shape index (κ3) is 2.96. The third-order valence-electron chi connectivity index (χ3n) is 4.57. The molecular formula is C19H23N2O+. The van der Waals surface area contributed by atoms with Crippen molar-refractivity contribution in [2.45, 2.75) is 18.9 Å². The molecule has 0 radical (unpaired) electrons. The second-order valence-electron chi connectivity index (χ2n) is 6.10. The second-order valence-corrected chi connectivity index (χ2v) is 6.10. The Balaban J connectivity index is 2.08. The van der Waals surface area contributed by atoms with Crippen LogP contribution >= 0.6 is 0 Å². The highest BCUT2D eigenvalue weighted by molar-refractivity contribution is 6.12. The lowest BCUT2D eigenvalue weighted by molar-refractivity contribution is -0.927. The van der Waals surface area contributed by atoms with Crippen molar-refractivity contribution in [2.24, 2.45) is 5.10 Å². The molecule has 114 valence electrons. The quantitative estimate of drug-likeness (QED) is 0.682. The Hall–Kier alpha value is -1.97. The van der Waals surface area contributed by atoms with Gasteiger partial charge in [0.05, 0.1) is 13.7 Å². The van der Waals surface area contributed by atoms with Gasteiger partial charge in [-0.25, -0.2) is 0 Å². The number of aliphatic hydroxyl groups is 1. The number of aliphatic hydroxyl groups excluding tert-OH is 1. The van der Waals surface area contributed by atoms with Gasteiger partial charge < -0.3 is 5.11 Å². The van der Waals surface area contributed by atoms with Crippen LogP contribution in [0.3, 0.4) is 0 Å². The maximum absolute atomic E-state index is 9.67. The number of hydrogen-bond donors (Lipinski definition) is 1. The average Bonchev–Trinajstić information content (AvgIpc) is 2.95. The molecule has 3 nitrogen and oxygen atoms in total. The summed E-state index contributed by atoms with van der Waals surface area (Å²) in [5, 5.41) is 14.8. The summed E-state index contributed by atoms with van der Waals surface area (Å²) in [7, 11) is 2.12. The van der Waals surface area contributed by atoms with Crippen LogP contribution in [0, 0.1) is 0 Å². The SMILES string of the molecule is C[N+]1(N=C(c2ccccc2)c2ccccc2)CCCC1CO. The van der Waals surface area contributed by atoms with Crippen LogP contribution < -0.4 is 0 Å². The van der Waals surface area contributed by atoms with Crippen molar-refractivity contribution in [1.82, 2.24) is 0 Å². The maximum atomic E-state index is 9.67. The van der Waals surface area contributed by atoms with Crippen LogP contribution in [0.5, 0.6) is 0 Å². The molecule has 0 aromatic heterocycles. The normalized spacial score (nSPS) is 24.2. The van der Waals surface area contributed by atoms with Crippen LogP contribution in [0.2, 0.25) is 0 Å². The number of benzene rings is 2. The minimum Gasteiger partial charge on any atom is -0.390 e. The molecule has 2 aromatic rings. The fourth-order valence-electron chi connectivity index (χ4n) is 3.21. The molecule has 2 aromatic carbocycles. The van der Waals surface area contributed by atoms with Crippen LogP contribution in [-0.2, 0) is 0 Å². The van der Waals surface area contributed by atoms with Gasteiger partial charge in [0.1, 0.15) is 18.3 Å². The van der Waals surface area contributed by atoms with Gasteiger partial charge in [0.15, 0.2) is 0 Å². The summed E-state index contributed by atoms with van der Waals surface area (Å²) in [5.41, 5.74) is 3.25. The largest absolute Gasteiger partial charge is 0.390 e. The van der Waals surface area contributed by atoms with Crippen LogP contribution in [0.25, 0.3) is 0 Å². The summed E-state index contributed by atoms with van der Waals surface area (Å²) < 4.78 is 0.565. The molecule has 0 saturated carbocycles. The summed E-state index contributed by atoms with van der Waals surface area (Å²) in [6.07, 6.45) is 2.15. The topological polar surface area (TPSA) is 32.6 Å². The van der Waals surface area contributed by atoms with Gasteiger partial charge in [0, 0.05) is 24.0 Å². The van der Waals surface area contributed by atoms with E-state index in [9.17, 15) is 5.11 Å². The predicted octanol–water partition coefficient (Wildman–Crippen LogP) is 3.04. The van der Waals surface area contributed by atoms with Crippen LogP contribution in [-0.4, -0.2) is 41.7 Å². The van der Waals surface area contributed by atoms with Crippen molar-refractivity contribution in [2.75, 3.05) is 20.2 Å². The van der Waals surface area contributed by atoms with Crippen molar-refractivity contribution < 1.29 is 9.70 Å². The molecule has 0 amide bonds. The molecule has 1 fully saturated rings. The molecule has 1 saturated heterocycles. The molecule has 1 aliphatic rings. The van der Waals surface area contributed by atoms with Gasteiger partial charge in [-0.05, 0) is 0 Å². The molecule has 2 atom stereocenters. The number of rotatable bonds is 4. The van der Waals surface area contributed by atoms with Gasteiger partial charge in [-0.15, -0.1) is 0 Å². The number of quaternary nitrogens is 1. The molecule has 0 spiro atoms. The van der Waals surface area contributed by atoms with Crippen molar-refractivity contribution in [1.29, 1.82) is 0 Å². The standard InChI is InChI=1S/C19H23N2O/c1-21(14-8-13-18(21)15-22)20-19(16-9-4-2-5-10-16)17-11-6-3-7-12-17/h2-7,9-12,18,22H,8,13-15H2,1H3/q+1. The van der Waals surface area contributed by atoms with E-state index < -0.39 is 0 Å². The Labute approximate surface area is 132 Å². The zero-order valence-electron chi connectivity index (χ0n) is 13.0. The Bertz CT molecular complexity index is 597. The minimum absolute atomic E-state index is 0.191. The molecule has 1 aliphatic heterocycles. The zero-order chi connectivity index (χ0) is 15.4. The molecule has 1 N–H and O–H groups in total. The average molecular weight is 295 g/mol. The van der Waals surface area contributed by atoms with E-state index in [4.69, 9.17) is 5.10 Å². The predicted molar refractivity (Wildman–Crippen MR) is 89.7 cm³/mol. The molecular weight excluding hydrogens is 272 g/mol. The summed E-state index contributed by atoms with van der Waals surface area (Å²) >= 11 is 0. The first-order valence-electron chi connectivity index (χ1n) is 7.90. The van der Waals surface area contributed by atoms with Crippen molar-refractivity contribution in [3.05, 3.63) is 71.8 Å². The highest BCUT2D eigenvalue weighted by atomic mass is 16.3. The number of likely N-dealkylation sites (tertiary alicyclic amines) is 1. The fourth-order valence-corrected chi connectivity index (χ4v) is 3.21. The summed E-state index contributed by atoms with van der Waals surface area (Å²) in [6, 6.07) is 20.8. The van der Waals surface area contributed by atoms with Crippen LogP contribution in [0.1, 0.15) is 24.0 Å². The van der Waals surface area contributed by atoms with E-state index in [1.807, 2.05) is 36.4 Å². The molecule has 1 heterocycles. The molecule has 0 bridgehead atoms. The van der Waals surface area contributed by atoms with E-state index in [0.29, 0.717) is 4.59 Å². The highest BCUT2D eigenvalue weighted by Crippen LogP contribution is 2.27. The van der Waals surface area contributed by atoms with Gasteiger partial charge in [-0.3, -0.25) is 0 Å². The van der Waals surface area contributed by atoms with Crippen LogP contribution in [0.15, 0.2) is 65.8 Å². The van der Waals surface area contributed by atoms with E-state index >= 15 is 0 Å². The van der Waals surface area contributed by atoms with E-state index in [0.717, 1.165) is 36.2 Å². The number of nitrogens with zero attached hydrogens (tertiary/aromatic N) is 2. The number of likely N-dealkylation sites (N-methyl/N-ethyl adjacent to an activating group) is 1. The first kappa shape index (κ1) is 14.9. The Morgan fingerprint density at radius 3 is 2.09 bits per heavy atom. The van der Waals surface area contributed by atoms with Gasteiger partial charge in [-0.1, -0.05) is 65.8 Å². The minimum atomic E-state index is 0.191. The Morgan fingerprint density at radius 1 is 1.05 bits per heavy atom. The summed E-state index contributed by atoms with van der Waals surface area (Å²) in [6.45, 7) is 1.17. The Kier molecular flexibility index (Phi) is 4.36. The van der Waals surface area contributed by atoms with Gasteiger partial charge in [-0.2, -0.15) is 4.59 Å². The van der Waals surface area contributed by atoms with Crippen molar-refractivity contribution >= 4 is 5.71 Å². The first-order chi connectivity index (χ1) is 10.7. The highest BCUT2D eigenvalue weighted by Gasteiger charge is 2.39. The summed E-state index contributed by atoms with van der Waals surface area (Å²) in [4.78, 5) is 0. The molecule has 2 unspecified atom stereocenters. The van der Waals surface area contributed by atoms with Gasteiger partial charge in [0.25, 0.3) is 0 Å². The lowest BCUT2D eigenvalue weighted by Gasteiger charge is -2.29. The number of hydrogen-bond acceptors (Lipinski definition) is 2. The molecule has 3 heteroatoms. The molecule has 22 heavy (non-hydrogen) atoms. The van der Waals surface area contributed by atoms with Gasteiger partial charge >= 0.3 is 0 Å². The smallest absolute Gasteiger partial charge is 0.136 e. The lowest BCUT2D eigenvalue weighted by Crippen LogP contribution is -2.45. The monoisotopic (exact) mass is 295 g/mol. The van der Waals surface area contributed by atoms with Gasteiger partial charge in [0.2, 0.25) is 0 Å².